The van der Waals surface area contributed by atoms with E-state index in [2.05, 4.69) is 69.1 Å². The van der Waals surface area contributed by atoms with Crippen LogP contribution in [0.4, 0.5) is 5.95 Å². The quantitative estimate of drug-likeness (QED) is 0.836. The molecular formula is C14H16IN3. The van der Waals surface area contributed by atoms with Gasteiger partial charge in [-0.15, -0.1) is 0 Å². The first kappa shape index (κ1) is 13.3. The van der Waals surface area contributed by atoms with Crippen molar-refractivity contribution >= 4 is 28.5 Å². The molecule has 1 aromatic heterocycles. The molecule has 0 saturated carbocycles. The van der Waals surface area contributed by atoms with Gasteiger partial charge in [-0.25, -0.2) is 9.97 Å². The summed E-state index contributed by atoms with van der Waals surface area (Å²) in [6.07, 6.45) is 5.78. The van der Waals surface area contributed by atoms with E-state index < -0.39 is 0 Å². The average molecular weight is 353 g/mol. The number of aryl methyl sites for hydroxylation is 1. The van der Waals surface area contributed by atoms with E-state index in [1.165, 1.54) is 5.56 Å². The molecule has 4 heteroatoms. The van der Waals surface area contributed by atoms with Crippen LogP contribution in [0.25, 0.3) is 0 Å². The van der Waals surface area contributed by atoms with E-state index in [0.717, 1.165) is 16.4 Å². The van der Waals surface area contributed by atoms with Crippen molar-refractivity contribution in [3.05, 3.63) is 51.9 Å². The van der Waals surface area contributed by atoms with E-state index in [-0.39, 0.29) is 0 Å². The van der Waals surface area contributed by atoms with E-state index in [0.29, 0.717) is 12.0 Å². The normalized spacial score (nSPS) is 12.1. The van der Waals surface area contributed by atoms with Crippen molar-refractivity contribution in [1.29, 1.82) is 0 Å². The third kappa shape index (κ3) is 4.25. The van der Waals surface area contributed by atoms with Crippen LogP contribution in [0.2, 0.25) is 0 Å². The Balaban J connectivity index is 1.82. The summed E-state index contributed by atoms with van der Waals surface area (Å²) >= 11 is 2.20. The topological polar surface area (TPSA) is 37.8 Å². The second-order valence-electron chi connectivity index (χ2n) is 4.29. The summed E-state index contributed by atoms with van der Waals surface area (Å²) in [6, 6.07) is 10.9. The number of aromatic nitrogens is 2. The van der Waals surface area contributed by atoms with E-state index in [4.69, 9.17) is 0 Å². The van der Waals surface area contributed by atoms with Crippen molar-refractivity contribution in [2.45, 2.75) is 25.8 Å². The molecule has 0 aliphatic heterocycles. The molecule has 0 bridgehead atoms. The van der Waals surface area contributed by atoms with E-state index >= 15 is 0 Å². The van der Waals surface area contributed by atoms with Gasteiger partial charge in [-0.3, -0.25) is 0 Å². The third-order valence-electron chi connectivity index (χ3n) is 2.70. The minimum Gasteiger partial charge on any atom is -0.352 e. The highest BCUT2D eigenvalue weighted by Gasteiger charge is 2.04. The fraction of sp³-hybridized carbons (Fsp3) is 0.286. The molecule has 3 nitrogen and oxygen atoms in total. The van der Waals surface area contributed by atoms with Crippen molar-refractivity contribution < 1.29 is 0 Å². The lowest BCUT2D eigenvalue weighted by atomic mass is 10.1. The SMILES string of the molecule is CC(CCc1ccccc1)Nc1ncc(I)cn1. The fourth-order valence-electron chi connectivity index (χ4n) is 1.71. The van der Waals surface area contributed by atoms with Gasteiger partial charge in [-0.2, -0.15) is 0 Å². The fourth-order valence-corrected chi connectivity index (χ4v) is 1.99. The minimum atomic E-state index is 0.366. The molecule has 94 valence electrons. The van der Waals surface area contributed by atoms with E-state index in [1.54, 1.807) is 0 Å². The van der Waals surface area contributed by atoms with Crippen LogP contribution in [-0.2, 0) is 6.42 Å². The lowest BCUT2D eigenvalue weighted by Gasteiger charge is -2.13. The van der Waals surface area contributed by atoms with Gasteiger partial charge in [0.2, 0.25) is 5.95 Å². The molecule has 0 aliphatic rings. The molecule has 0 spiro atoms. The van der Waals surface area contributed by atoms with Gasteiger partial charge in [0.25, 0.3) is 0 Å². The summed E-state index contributed by atoms with van der Waals surface area (Å²) in [6.45, 7) is 2.16. The highest BCUT2D eigenvalue weighted by atomic mass is 127. The number of halogens is 1. The highest BCUT2D eigenvalue weighted by molar-refractivity contribution is 14.1. The van der Waals surface area contributed by atoms with E-state index in [9.17, 15) is 0 Å². The van der Waals surface area contributed by atoms with Gasteiger partial charge in [0.15, 0.2) is 0 Å². The maximum Gasteiger partial charge on any atom is 0.222 e. The predicted octanol–water partition coefficient (Wildman–Crippen LogP) is 3.51. The van der Waals surface area contributed by atoms with Crippen LogP contribution >= 0.6 is 22.6 Å². The number of nitrogens with zero attached hydrogens (tertiary/aromatic N) is 2. The van der Waals surface area contributed by atoms with Gasteiger partial charge >= 0.3 is 0 Å². The van der Waals surface area contributed by atoms with E-state index in [1.807, 2.05) is 18.5 Å². The van der Waals surface area contributed by atoms with Crippen LogP contribution < -0.4 is 5.32 Å². The van der Waals surface area contributed by atoms with Gasteiger partial charge in [-0.1, -0.05) is 30.3 Å². The standard InChI is InChI=1S/C14H16IN3/c1-11(7-8-12-5-3-2-4-6-12)18-14-16-9-13(15)10-17-14/h2-6,9-11H,7-8H2,1H3,(H,16,17,18). The number of hydrogen-bond acceptors (Lipinski definition) is 3. The monoisotopic (exact) mass is 353 g/mol. The smallest absolute Gasteiger partial charge is 0.222 e. The zero-order chi connectivity index (χ0) is 12.8. The zero-order valence-corrected chi connectivity index (χ0v) is 12.5. The first-order valence-electron chi connectivity index (χ1n) is 6.02. The average Bonchev–Trinajstić information content (AvgIpc) is 2.40. The number of hydrogen-bond donors (Lipinski definition) is 1. The highest BCUT2D eigenvalue weighted by Crippen LogP contribution is 2.09. The van der Waals surface area contributed by atoms with Crippen molar-refractivity contribution in [2.24, 2.45) is 0 Å². The first-order valence-corrected chi connectivity index (χ1v) is 7.10. The largest absolute Gasteiger partial charge is 0.352 e. The Hall–Kier alpha value is -1.17. The maximum absolute atomic E-state index is 4.24. The minimum absolute atomic E-state index is 0.366. The molecule has 0 radical (unpaired) electrons. The Bertz CT molecular complexity index is 470. The summed E-state index contributed by atoms with van der Waals surface area (Å²) in [5.41, 5.74) is 1.37. The summed E-state index contributed by atoms with van der Waals surface area (Å²) < 4.78 is 1.05. The van der Waals surface area contributed by atoms with Crippen LogP contribution in [0.5, 0.6) is 0 Å². The molecule has 18 heavy (non-hydrogen) atoms. The van der Waals surface area contributed by atoms with Gasteiger partial charge in [0.1, 0.15) is 0 Å². The van der Waals surface area contributed by atoms with Crippen molar-refractivity contribution in [3.8, 4) is 0 Å². The molecule has 1 unspecified atom stereocenters. The lowest BCUT2D eigenvalue weighted by molar-refractivity contribution is 0.698. The molecule has 0 saturated heterocycles. The molecule has 2 aromatic rings. The lowest BCUT2D eigenvalue weighted by Crippen LogP contribution is -2.17. The summed E-state index contributed by atoms with van der Waals surface area (Å²) in [4.78, 5) is 8.49. The van der Waals surface area contributed by atoms with Gasteiger partial charge < -0.3 is 5.32 Å². The summed E-state index contributed by atoms with van der Waals surface area (Å²) in [5.74, 6) is 0.705. The Morgan fingerprint density at radius 1 is 1.17 bits per heavy atom. The molecule has 0 aliphatic carbocycles. The second kappa shape index (κ2) is 6.68. The molecule has 1 N–H and O–H groups in total. The summed E-state index contributed by atoms with van der Waals surface area (Å²) in [7, 11) is 0. The Kier molecular flexibility index (Phi) is 4.92. The van der Waals surface area contributed by atoms with Crippen molar-refractivity contribution in [1.82, 2.24) is 9.97 Å². The molecule has 1 heterocycles. The second-order valence-corrected chi connectivity index (χ2v) is 5.54. The molecule has 1 aromatic carbocycles. The van der Waals surface area contributed by atoms with Crippen LogP contribution in [0.15, 0.2) is 42.7 Å². The summed E-state index contributed by atoms with van der Waals surface area (Å²) in [5, 5.41) is 3.31. The van der Waals surface area contributed by atoms with Crippen molar-refractivity contribution in [2.75, 3.05) is 5.32 Å². The van der Waals surface area contributed by atoms with Gasteiger partial charge in [-0.05, 0) is 47.9 Å². The Morgan fingerprint density at radius 3 is 2.50 bits per heavy atom. The van der Waals surface area contributed by atoms with Gasteiger partial charge in [0.05, 0.1) is 0 Å². The zero-order valence-electron chi connectivity index (χ0n) is 10.3. The Morgan fingerprint density at radius 2 is 1.83 bits per heavy atom. The number of anilines is 1. The predicted molar refractivity (Wildman–Crippen MR) is 82.6 cm³/mol. The van der Waals surface area contributed by atoms with Crippen molar-refractivity contribution in [3.63, 3.8) is 0 Å². The molecular weight excluding hydrogens is 337 g/mol. The molecule has 0 fully saturated rings. The van der Waals surface area contributed by atoms with Gasteiger partial charge in [0, 0.05) is 22.0 Å². The van der Waals surface area contributed by atoms with Crippen LogP contribution in [0.3, 0.4) is 0 Å². The molecule has 1 atom stereocenters. The first-order chi connectivity index (χ1) is 8.74. The molecule has 0 amide bonds. The molecule has 2 rings (SSSR count). The number of benzene rings is 1. The van der Waals surface area contributed by atoms with Crippen LogP contribution in [0.1, 0.15) is 18.9 Å². The number of nitrogens with one attached hydrogen (secondary N) is 1. The third-order valence-corrected chi connectivity index (χ3v) is 3.26. The van der Waals surface area contributed by atoms with Crippen LogP contribution in [0, 0.1) is 3.57 Å². The van der Waals surface area contributed by atoms with Crippen LogP contribution in [-0.4, -0.2) is 16.0 Å². The maximum atomic E-state index is 4.24. The Labute approximate surface area is 121 Å². The number of rotatable bonds is 5.